The lowest BCUT2D eigenvalue weighted by Crippen LogP contribution is -2.47. The van der Waals surface area contributed by atoms with Gasteiger partial charge < -0.3 is 33.7 Å². The van der Waals surface area contributed by atoms with Crippen molar-refractivity contribution in [3.8, 4) is 17.2 Å². The number of carbonyl (C=O) groups is 3. The van der Waals surface area contributed by atoms with E-state index >= 15 is 0 Å². The Hall–Kier alpha value is -4.21. The van der Waals surface area contributed by atoms with E-state index in [1.807, 2.05) is 24.3 Å². The molecule has 0 aliphatic rings. The molecule has 212 valence electrons. The van der Waals surface area contributed by atoms with E-state index in [0.717, 1.165) is 11.1 Å². The summed E-state index contributed by atoms with van der Waals surface area (Å²) < 4.78 is 31.0. The van der Waals surface area contributed by atoms with E-state index in [-0.39, 0.29) is 19.1 Å². The number of methoxy groups -OCH3 is 2. The van der Waals surface area contributed by atoms with Gasteiger partial charge in [0.05, 0.1) is 14.2 Å². The zero-order chi connectivity index (χ0) is 29.0. The first-order chi connectivity index (χ1) is 18.4. The van der Waals surface area contributed by atoms with Crippen LogP contribution >= 0.6 is 0 Å². The lowest BCUT2D eigenvalue weighted by atomic mass is 10.1. The van der Waals surface area contributed by atoms with Crippen LogP contribution in [-0.2, 0) is 19.0 Å². The minimum Gasteiger partial charge on any atom is -0.497 e. The highest BCUT2D eigenvalue weighted by molar-refractivity contribution is 5.81. The van der Waals surface area contributed by atoms with E-state index in [1.165, 1.54) is 0 Å². The van der Waals surface area contributed by atoms with Gasteiger partial charge in [-0.1, -0.05) is 38.1 Å². The molecule has 1 unspecified atom stereocenters. The predicted molar refractivity (Wildman–Crippen MR) is 146 cm³/mol. The van der Waals surface area contributed by atoms with Crippen molar-refractivity contribution >= 4 is 30.4 Å². The third-order valence-corrected chi connectivity index (χ3v) is 5.06. The zero-order valence-corrected chi connectivity index (χ0v) is 23.4. The fourth-order valence-electron chi connectivity index (χ4n) is 3.18. The van der Waals surface area contributed by atoms with Gasteiger partial charge in [0.1, 0.15) is 42.1 Å². The molecule has 0 bridgehead atoms. The third-order valence-electron chi connectivity index (χ3n) is 5.06. The van der Waals surface area contributed by atoms with Crippen LogP contribution in [0.25, 0.3) is 12.2 Å². The number of hydrogen-bond acceptors (Lipinski definition) is 9. The molecule has 0 aliphatic heterocycles. The van der Waals surface area contributed by atoms with Gasteiger partial charge in [0.2, 0.25) is 0 Å². The summed E-state index contributed by atoms with van der Waals surface area (Å²) in [5.74, 6) is 0.751. The molecule has 10 heteroatoms. The third kappa shape index (κ3) is 11.4. The molecule has 0 aliphatic carbocycles. The largest absolute Gasteiger partial charge is 0.513 e. The van der Waals surface area contributed by atoms with Crippen molar-refractivity contribution in [1.29, 1.82) is 0 Å². The first-order valence-corrected chi connectivity index (χ1v) is 12.4. The van der Waals surface area contributed by atoms with Gasteiger partial charge in [0, 0.05) is 6.07 Å². The standard InChI is InChI=1S/C29H37NO9/c1-19(2)25(30-27(32)39-29(3,4)5)26(31)36-14-15-37-28(33)38-22-12-10-20(11-13-22)8-9-21-16-23(34-6)18-24(17-21)35-7/h8-13,16-19,25H,14-15H2,1-7H3,(H,30,32)/b9-8+. The van der Waals surface area contributed by atoms with Gasteiger partial charge in [-0.05, 0) is 62.1 Å². The summed E-state index contributed by atoms with van der Waals surface area (Å²) in [7, 11) is 3.18. The quantitative estimate of drug-likeness (QED) is 0.129. The number of benzene rings is 2. The van der Waals surface area contributed by atoms with Gasteiger partial charge in [-0.25, -0.2) is 14.4 Å². The van der Waals surface area contributed by atoms with E-state index in [1.54, 1.807) is 79.2 Å². The second-order valence-electron chi connectivity index (χ2n) is 9.78. The van der Waals surface area contributed by atoms with Crippen molar-refractivity contribution < 1.29 is 42.8 Å². The molecular formula is C29H37NO9. The molecule has 2 aromatic carbocycles. The number of nitrogens with one attached hydrogen (secondary N) is 1. The highest BCUT2D eigenvalue weighted by Gasteiger charge is 2.28. The average molecular weight is 544 g/mol. The highest BCUT2D eigenvalue weighted by atomic mass is 16.7. The topological polar surface area (TPSA) is 119 Å². The molecule has 0 saturated heterocycles. The molecule has 0 heterocycles. The second-order valence-corrected chi connectivity index (χ2v) is 9.78. The number of alkyl carbamates (subject to hydrolysis) is 1. The highest BCUT2D eigenvalue weighted by Crippen LogP contribution is 2.24. The second kappa shape index (κ2) is 14.7. The van der Waals surface area contributed by atoms with Crippen molar-refractivity contribution in [3.63, 3.8) is 0 Å². The van der Waals surface area contributed by atoms with Crippen molar-refractivity contribution in [1.82, 2.24) is 5.32 Å². The summed E-state index contributed by atoms with van der Waals surface area (Å²) in [6.45, 7) is 8.26. The smallest absolute Gasteiger partial charge is 0.497 e. The van der Waals surface area contributed by atoms with Crippen LogP contribution in [0.15, 0.2) is 42.5 Å². The summed E-state index contributed by atoms with van der Waals surface area (Å²) in [5.41, 5.74) is 1.08. The summed E-state index contributed by atoms with van der Waals surface area (Å²) in [6, 6.07) is 11.5. The Morgan fingerprint density at radius 1 is 0.821 bits per heavy atom. The number of amides is 1. The van der Waals surface area contributed by atoms with Crippen LogP contribution in [0.1, 0.15) is 45.7 Å². The van der Waals surface area contributed by atoms with Crippen molar-refractivity contribution in [2.45, 2.75) is 46.3 Å². The molecule has 2 aromatic rings. The maximum Gasteiger partial charge on any atom is 0.513 e. The summed E-state index contributed by atoms with van der Waals surface area (Å²) in [6.07, 6.45) is 2.14. The minimum atomic E-state index is -0.940. The Balaban J connectivity index is 1.79. The van der Waals surface area contributed by atoms with Gasteiger partial charge in [0.25, 0.3) is 0 Å². The van der Waals surface area contributed by atoms with Crippen LogP contribution in [0.5, 0.6) is 17.2 Å². The fourth-order valence-corrected chi connectivity index (χ4v) is 3.18. The maximum atomic E-state index is 12.4. The van der Waals surface area contributed by atoms with Crippen molar-refractivity contribution in [2.24, 2.45) is 5.92 Å². The molecule has 1 atom stereocenters. The minimum absolute atomic E-state index is 0.202. The molecule has 39 heavy (non-hydrogen) atoms. The van der Waals surface area contributed by atoms with Gasteiger partial charge in [0.15, 0.2) is 0 Å². The Labute approximate surface area is 229 Å². The van der Waals surface area contributed by atoms with E-state index in [4.69, 9.17) is 28.4 Å². The molecule has 0 radical (unpaired) electrons. The monoisotopic (exact) mass is 543 g/mol. The van der Waals surface area contributed by atoms with E-state index in [2.05, 4.69) is 5.32 Å². The lowest BCUT2D eigenvalue weighted by Gasteiger charge is -2.24. The zero-order valence-electron chi connectivity index (χ0n) is 23.4. The summed E-state index contributed by atoms with van der Waals surface area (Å²) in [5, 5.41) is 2.50. The van der Waals surface area contributed by atoms with E-state index in [0.29, 0.717) is 17.2 Å². The van der Waals surface area contributed by atoms with Crippen molar-refractivity contribution in [2.75, 3.05) is 27.4 Å². The Kier molecular flexibility index (Phi) is 11.7. The molecule has 0 aromatic heterocycles. The normalized spacial score (nSPS) is 12.0. The average Bonchev–Trinajstić information content (AvgIpc) is 2.87. The molecule has 1 N–H and O–H groups in total. The summed E-state index contributed by atoms with van der Waals surface area (Å²) in [4.78, 5) is 36.4. The first kappa shape index (κ1) is 31.0. The number of carbonyl (C=O) groups excluding carboxylic acids is 3. The van der Waals surface area contributed by atoms with Crippen LogP contribution in [0.2, 0.25) is 0 Å². The van der Waals surface area contributed by atoms with Crippen LogP contribution < -0.4 is 19.5 Å². The Morgan fingerprint density at radius 2 is 1.38 bits per heavy atom. The molecule has 2 rings (SSSR count). The molecular weight excluding hydrogens is 506 g/mol. The van der Waals surface area contributed by atoms with E-state index in [9.17, 15) is 14.4 Å². The fraction of sp³-hybridized carbons (Fsp3) is 0.414. The maximum absolute atomic E-state index is 12.4. The van der Waals surface area contributed by atoms with E-state index < -0.39 is 29.9 Å². The van der Waals surface area contributed by atoms with Crippen LogP contribution in [0.3, 0.4) is 0 Å². The Morgan fingerprint density at radius 3 is 1.92 bits per heavy atom. The van der Waals surface area contributed by atoms with Gasteiger partial charge >= 0.3 is 18.2 Å². The van der Waals surface area contributed by atoms with Gasteiger partial charge in [-0.3, -0.25) is 0 Å². The molecule has 10 nitrogen and oxygen atoms in total. The number of esters is 1. The molecule has 1 amide bonds. The first-order valence-electron chi connectivity index (χ1n) is 12.4. The van der Waals surface area contributed by atoms with Gasteiger partial charge in [-0.2, -0.15) is 0 Å². The predicted octanol–water partition coefficient (Wildman–Crippen LogP) is 5.48. The lowest BCUT2D eigenvalue weighted by molar-refractivity contribution is -0.148. The number of ether oxygens (including phenoxy) is 6. The van der Waals surface area contributed by atoms with Crippen LogP contribution in [0, 0.1) is 5.92 Å². The summed E-state index contributed by atoms with van der Waals surface area (Å²) >= 11 is 0. The Bertz CT molecular complexity index is 1110. The van der Waals surface area contributed by atoms with Crippen LogP contribution in [-0.4, -0.2) is 57.3 Å². The molecule has 0 fully saturated rings. The number of hydrogen-bond donors (Lipinski definition) is 1. The SMILES string of the molecule is COc1cc(/C=C/c2ccc(OC(=O)OCCOC(=O)C(NC(=O)OC(C)(C)C)C(C)C)cc2)cc(OC)c1. The van der Waals surface area contributed by atoms with Crippen LogP contribution in [0.4, 0.5) is 9.59 Å². The van der Waals surface area contributed by atoms with Gasteiger partial charge in [-0.15, -0.1) is 0 Å². The molecule has 0 saturated carbocycles. The van der Waals surface area contributed by atoms with Crippen molar-refractivity contribution in [3.05, 3.63) is 53.6 Å². The molecule has 0 spiro atoms. The number of rotatable bonds is 11.